The molecule has 4 nitrogen and oxygen atoms in total. The van der Waals surface area contributed by atoms with E-state index in [2.05, 4.69) is 46.5 Å². The zero-order valence-electron chi connectivity index (χ0n) is 14.8. The minimum Gasteiger partial charge on any atom is -0.355 e. The highest BCUT2D eigenvalue weighted by Crippen LogP contribution is 2.31. The van der Waals surface area contributed by atoms with Crippen molar-refractivity contribution in [2.24, 2.45) is 0 Å². The smallest absolute Gasteiger partial charge is 0.148 e. The number of thioether (sulfide) groups is 1. The van der Waals surface area contributed by atoms with Gasteiger partial charge in [-0.3, -0.25) is 4.98 Å². The van der Waals surface area contributed by atoms with E-state index in [-0.39, 0.29) is 0 Å². The highest BCUT2D eigenvalue weighted by Gasteiger charge is 2.24. The van der Waals surface area contributed by atoms with Gasteiger partial charge in [-0.15, -0.1) is 23.1 Å². The molecule has 134 valence electrons. The molecule has 1 aliphatic heterocycles. The van der Waals surface area contributed by atoms with E-state index in [4.69, 9.17) is 9.97 Å². The fourth-order valence-electron chi connectivity index (χ4n) is 3.24. The number of anilines is 1. The molecule has 0 amide bonds. The maximum Gasteiger partial charge on any atom is 0.148 e. The number of benzene rings is 1. The lowest BCUT2D eigenvalue weighted by Gasteiger charge is -2.32. The van der Waals surface area contributed by atoms with Gasteiger partial charge >= 0.3 is 0 Å². The number of aryl methyl sites for hydroxylation is 1. The third kappa shape index (κ3) is 4.24. The molecule has 1 aliphatic rings. The molecule has 0 spiro atoms. The van der Waals surface area contributed by atoms with Gasteiger partial charge in [-0.2, -0.15) is 0 Å². The number of rotatable bonds is 5. The molecule has 1 unspecified atom stereocenters. The van der Waals surface area contributed by atoms with E-state index in [9.17, 15) is 0 Å². The SMILES string of the molecule is Cc1csc(C2CCCN(c3cncc(SCc4ccccc4)n3)C2)n1. The van der Waals surface area contributed by atoms with E-state index < -0.39 is 0 Å². The summed E-state index contributed by atoms with van der Waals surface area (Å²) in [6, 6.07) is 10.5. The Morgan fingerprint density at radius 3 is 2.88 bits per heavy atom. The molecule has 0 aliphatic carbocycles. The second kappa shape index (κ2) is 8.18. The minimum atomic E-state index is 0.505. The Kier molecular flexibility index (Phi) is 5.51. The predicted molar refractivity (Wildman–Crippen MR) is 109 cm³/mol. The van der Waals surface area contributed by atoms with Crippen LogP contribution in [0.5, 0.6) is 0 Å². The molecule has 0 radical (unpaired) electrons. The predicted octanol–water partition coefficient (Wildman–Crippen LogP) is 4.92. The Morgan fingerprint density at radius 1 is 1.19 bits per heavy atom. The molecule has 1 fully saturated rings. The van der Waals surface area contributed by atoms with E-state index in [0.29, 0.717) is 5.92 Å². The Bertz CT molecular complexity index is 850. The molecule has 1 atom stereocenters. The highest BCUT2D eigenvalue weighted by atomic mass is 32.2. The summed E-state index contributed by atoms with van der Waals surface area (Å²) in [7, 11) is 0. The summed E-state index contributed by atoms with van der Waals surface area (Å²) in [5.74, 6) is 2.41. The summed E-state index contributed by atoms with van der Waals surface area (Å²) < 4.78 is 0. The molecular weight excluding hydrogens is 360 g/mol. The van der Waals surface area contributed by atoms with Crippen LogP contribution in [-0.2, 0) is 5.75 Å². The van der Waals surface area contributed by atoms with E-state index in [1.807, 2.05) is 18.5 Å². The van der Waals surface area contributed by atoms with Crippen LogP contribution in [0.1, 0.15) is 35.0 Å². The Hall–Kier alpha value is -1.92. The van der Waals surface area contributed by atoms with Gasteiger partial charge in [0, 0.05) is 35.8 Å². The maximum absolute atomic E-state index is 4.85. The molecule has 6 heteroatoms. The molecule has 1 saturated heterocycles. The van der Waals surface area contributed by atoms with E-state index in [1.165, 1.54) is 23.4 Å². The molecular formula is C20H22N4S2. The number of hydrogen-bond acceptors (Lipinski definition) is 6. The van der Waals surface area contributed by atoms with Crippen molar-refractivity contribution >= 4 is 28.9 Å². The molecule has 4 rings (SSSR count). The Morgan fingerprint density at radius 2 is 2.08 bits per heavy atom. The third-order valence-corrected chi connectivity index (χ3v) is 6.66. The summed E-state index contributed by atoms with van der Waals surface area (Å²) in [6.07, 6.45) is 6.14. The number of nitrogens with zero attached hydrogens (tertiary/aromatic N) is 4. The van der Waals surface area contributed by atoms with Gasteiger partial charge in [0.1, 0.15) is 10.8 Å². The van der Waals surface area contributed by atoms with Gasteiger partial charge in [0.25, 0.3) is 0 Å². The molecule has 2 aromatic heterocycles. The van der Waals surface area contributed by atoms with Crippen molar-refractivity contribution in [3.8, 4) is 0 Å². The summed E-state index contributed by atoms with van der Waals surface area (Å²) in [6.45, 7) is 4.09. The van der Waals surface area contributed by atoms with Crippen molar-refractivity contribution in [2.75, 3.05) is 18.0 Å². The van der Waals surface area contributed by atoms with Crippen molar-refractivity contribution in [2.45, 2.75) is 36.5 Å². The van der Waals surface area contributed by atoms with E-state index >= 15 is 0 Å². The van der Waals surface area contributed by atoms with Crippen LogP contribution >= 0.6 is 23.1 Å². The van der Waals surface area contributed by atoms with Gasteiger partial charge in [-0.1, -0.05) is 30.3 Å². The van der Waals surface area contributed by atoms with Gasteiger partial charge in [-0.25, -0.2) is 9.97 Å². The second-order valence-corrected chi connectivity index (χ2v) is 8.49. The minimum absolute atomic E-state index is 0.505. The zero-order valence-corrected chi connectivity index (χ0v) is 16.5. The molecule has 0 N–H and O–H groups in total. The second-order valence-electron chi connectivity index (χ2n) is 6.60. The van der Waals surface area contributed by atoms with Crippen molar-refractivity contribution in [1.29, 1.82) is 0 Å². The topological polar surface area (TPSA) is 41.9 Å². The quantitative estimate of drug-likeness (QED) is 0.586. The lowest BCUT2D eigenvalue weighted by atomic mass is 9.99. The normalized spacial score (nSPS) is 17.4. The third-order valence-electron chi connectivity index (χ3n) is 4.56. The molecule has 3 heterocycles. The van der Waals surface area contributed by atoms with Crippen LogP contribution in [0.15, 0.2) is 53.1 Å². The van der Waals surface area contributed by atoms with Gasteiger partial charge in [0.05, 0.1) is 17.4 Å². The van der Waals surface area contributed by atoms with E-state index in [0.717, 1.165) is 35.4 Å². The lowest BCUT2D eigenvalue weighted by molar-refractivity contribution is 0.504. The van der Waals surface area contributed by atoms with Gasteiger partial charge < -0.3 is 4.90 Å². The van der Waals surface area contributed by atoms with Crippen molar-refractivity contribution in [3.63, 3.8) is 0 Å². The van der Waals surface area contributed by atoms with Crippen LogP contribution in [0.2, 0.25) is 0 Å². The molecule has 0 saturated carbocycles. The van der Waals surface area contributed by atoms with E-state index in [1.54, 1.807) is 23.1 Å². The van der Waals surface area contributed by atoms with Crippen LogP contribution in [0.3, 0.4) is 0 Å². The number of hydrogen-bond donors (Lipinski definition) is 0. The average molecular weight is 383 g/mol. The van der Waals surface area contributed by atoms with Gasteiger partial charge in [0.15, 0.2) is 0 Å². The fourth-order valence-corrected chi connectivity index (χ4v) is 4.96. The van der Waals surface area contributed by atoms with Gasteiger partial charge in [-0.05, 0) is 25.3 Å². The summed E-state index contributed by atoms with van der Waals surface area (Å²) in [5.41, 5.74) is 2.43. The number of aromatic nitrogens is 3. The zero-order chi connectivity index (χ0) is 17.8. The monoisotopic (exact) mass is 382 g/mol. The Labute approximate surface area is 162 Å². The first-order chi connectivity index (χ1) is 12.8. The summed E-state index contributed by atoms with van der Waals surface area (Å²) in [4.78, 5) is 16.4. The molecule has 0 bridgehead atoms. The van der Waals surface area contributed by atoms with Crippen LogP contribution in [0, 0.1) is 6.92 Å². The standard InChI is InChI=1S/C20H22N4S2/c1-15-13-26-20(22-15)17-8-5-9-24(12-17)18-10-21-11-19(23-18)25-14-16-6-3-2-4-7-16/h2-4,6-7,10-11,13,17H,5,8-9,12,14H2,1H3. The first-order valence-corrected chi connectivity index (χ1v) is 10.8. The molecule has 1 aromatic carbocycles. The van der Waals surface area contributed by atoms with Crippen molar-refractivity contribution in [3.05, 3.63) is 64.4 Å². The van der Waals surface area contributed by atoms with Gasteiger partial charge in [0.2, 0.25) is 0 Å². The first-order valence-electron chi connectivity index (χ1n) is 8.93. The van der Waals surface area contributed by atoms with Crippen molar-refractivity contribution < 1.29 is 0 Å². The average Bonchev–Trinajstić information content (AvgIpc) is 3.14. The van der Waals surface area contributed by atoms with Crippen molar-refractivity contribution in [1.82, 2.24) is 15.0 Å². The number of piperidine rings is 1. The summed E-state index contributed by atoms with van der Waals surface area (Å²) in [5, 5.41) is 4.39. The van der Waals surface area contributed by atoms with Crippen LogP contribution in [-0.4, -0.2) is 28.0 Å². The number of thiazole rings is 1. The van der Waals surface area contributed by atoms with Crippen LogP contribution < -0.4 is 4.90 Å². The lowest BCUT2D eigenvalue weighted by Crippen LogP contribution is -2.35. The maximum atomic E-state index is 4.85. The molecule has 3 aromatic rings. The van der Waals surface area contributed by atoms with Crippen LogP contribution in [0.25, 0.3) is 0 Å². The first kappa shape index (κ1) is 17.5. The summed E-state index contributed by atoms with van der Waals surface area (Å²) >= 11 is 3.53. The Balaban J connectivity index is 1.43. The molecule has 26 heavy (non-hydrogen) atoms. The van der Waals surface area contributed by atoms with Crippen LogP contribution in [0.4, 0.5) is 5.82 Å². The highest BCUT2D eigenvalue weighted by molar-refractivity contribution is 7.98. The fraction of sp³-hybridized carbons (Fsp3) is 0.350. The largest absolute Gasteiger partial charge is 0.355 e.